The minimum Gasteiger partial charge on any atom is -0.330 e. The first-order valence-corrected chi connectivity index (χ1v) is 9.81. The summed E-state index contributed by atoms with van der Waals surface area (Å²) >= 11 is 0. The van der Waals surface area contributed by atoms with Gasteiger partial charge < -0.3 is 14.4 Å². The number of nitrogens with zero attached hydrogens (tertiary/aromatic N) is 5. The number of aromatic nitrogens is 3. The number of imidazole rings is 1. The van der Waals surface area contributed by atoms with E-state index in [1.165, 1.54) is 42.7 Å². The minimum absolute atomic E-state index is 0.994. The van der Waals surface area contributed by atoms with Crippen molar-refractivity contribution in [2.24, 2.45) is 7.05 Å². The van der Waals surface area contributed by atoms with E-state index in [-0.39, 0.29) is 0 Å². The Bertz CT molecular complexity index is 951. The summed E-state index contributed by atoms with van der Waals surface area (Å²) < 4.78 is 2.10. The van der Waals surface area contributed by atoms with Crippen molar-refractivity contribution in [2.45, 2.75) is 20.3 Å². The van der Waals surface area contributed by atoms with E-state index in [1.54, 1.807) is 0 Å². The fourth-order valence-electron chi connectivity index (χ4n) is 3.83. The molecule has 1 aliphatic heterocycles. The summed E-state index contributed by atoms with van der Waals surface area (Å²) in [6, 6.07) is 8.92. The molecule has 3 heterocycles. The van der Waals surface area contributed by atoms with Crippen LogP contribution >= 0.6 is 0 Å². The second-order valence-electron chi connectivity index (χ2n) is 7.82. The van der Waals surface area contributed by atoms with Gasteiger partial charge in [-0.1, -0.05) is 6.07 Å². The van der Waals surface area contributed by atoms with Crippen molar-refractivity contribution in [3.8, 4) is 11.4 Å². The number of pyridine rings is 1. The zero-order chi connectivity index (χ0) is 19.0. The average Bonchev–Trinajstić information content (AvgIpc) is 3.00. The second kappa shape index (κ2) is 7.41. The highest BCUT2D eigenvalue weighted by Gasteiger charge is 2.14. The van der Waals surface area contributed by atoms with E-state index in [9.17, 15) is 0 Å². The zero-order valence-electron chi connectivity index (χ0n) is 16.9. The largest absolute Gasteiger partial charge is 0.330 e. The molecule has 0 amide bonds. The van der Waals surface area contributed by atoms with Crippen molar-refractivity contribution < 1.29 is 0 Å². The highest BCUT2D eigenvalue weighted by atomic mass is 15.2. The summed E-state index contributed by atoms with van der Waals surface area (Å²) in [4.78, 5) is 14.3. The Kier molecular flexibility index (Phi) is 4.98. The van der Waals surface area contributed by atoms with Gasteiger partial charge in [-0.3, -0.25) is 0 Å². The van der Waals surface area contributed by atoms with Gasteiger partial charge in [-0.25, -0.2) is 9.97 Å². The van der Waals surface area contributed by atoms with Crippen molar-refractivity contribution >= 4 is 10.9 Å². The van der Waals surface area contributed by atoms with Crippen LogP contribution in [-0.2, 0) is 13.5 Å². The van der Waals surface area contributed by atoms with E-state index >= 15 is 0 Å². The predicted octanol–water partition coefficient (Wildman–Crippen LogP) is 3.04. The Labute approximate surface area is 161 Å². The van der Waals surface area contributed by atoms with Crippen molar-refractivity contribution in [1.82, 2.24) is 24.3 Å². The third-order valence-corrected chi connectivity index (χ3v) is 5.88. The normalized spacial score (nSPS) is 16.3. The molecule has 5 heteroatoms. The van der Waals surface area contributed by atoms with Gasteiger partial charge in [-0.2, -0.15) is 0 Å². The molecule has 142 valence electrons. The summed E-state index contributed by atoms with van der Waals surface area (Å²) in [6.45, 7) is 10.0. The molecule has 2 aromatic heterocycles. The van der Waals surface area contributed by atoms with Crippen LogP contribution in [0.5, 0.6) is 0 Å². The van der Waals surface area contributed by atoms with E-state index in [2.05, 4.69) is 57.6 Å². The van der Waals surface area contributed by atoms with Gasteiger partial charge in [0.1, 0.15) is 5.82 Å². The molecule has 0 spiro atoms. The SMILES string of the molecule is Cc1cc(-c2cnc(C)n2C)nc2ccc(CCN3CCN(C)CC3)cc12. The van der Waals surface area contributed by atoms with Gasteiger partial charge >= 0.3 is 0 Å². The first-order chi connectivity index (χ1) is 13.0. The number of aryl methyl sites for hydroxylation is 2. The van der Waals surface area contributed by atoms with Crippen molar-refractivity contribution in [3.63, 3.8) is 0 Å². The fraction of sp³-hybridized carbons (Fsp3) is 0.455. The van der Waals surface area contributed by atoms with E-state index in [4.69, 9.17) is 4.98 Å². The van der Waals surface area contributed by atoms with Gasteiger partial charge in [0.25, 0.3) is 0 Å². The second-order valence-corrected chi connectivity index (χ2v) is 7.82. The Hall–Kier alpha value is -2.24. The highest BCUT2D eigenvalue weighted by Crippen LogP contribution is 2.25. The molecule has 0 N–H and O–H groups in total. The van der Waals surface area contributed by atoms with Crippen LogP contribution in [0.4, 0.5) is 0 Å². The molecule has 3 aromatic rings. The van der Waals surface area contributed by atoms with E-state index in [1.807, 2.05) is 20.2 Å². The van der Waals surface area contributed by atoms with Crippen LogP contribution in [0.3, 0.4) is 0 Å². The van der Waals surface area contributed by atoms with E-state index in [0.29, 0.717) is 0 Å². The van der Waals surface area contributed by atoms with E-state index in [0.717, 1.165) is 35.7 Å². The van der Waals surface area contributed by atoms with Gasteiger partial charge in [-0.15, -0.1) is 0 Å². The van der Waals surface area contributed by atoms with Gasteiger partial charge in [0.15, 0.2) is 0 Å². The van der Waals surface area contributed by atoms with Gasteiger partial charge in [0.05, 0.1) is 23.1 Å². The Morgan fingerprint density at radius 3 is 2.48 bits per heavy atom. The first kappa shape index (κ1) is 18.1. The topological polar surface area (TPSA) is 37.2 Å². The number of fused-ring (bicyclic) bond motifs is 1. The van der Waals surface area contributed by atoms with Gasteiger partial charge in [-0.05, 0) is 56.6 Å². The number of piperazine rings is 1. The lowest BCUT2D eigenvalue weighted by Crippen LogP contribution is -2.45. The van der Waals surface area contributed by atoms with Crippen LogP contribution in [-0.4, -0.2) is 64.1 Å². The molecule has 1 aliphatic rings. The molecule has 0 saturated carbocycles. The smallest absolute Gasteiger partial charge is 0.105 e. The quantitative estimate of drug-likeness (QED) is 0.714. The zero-order valence-corrected chi connectivity index (χ0v) is 16.9. The molecule has 5 nitrogen and oxygen atoms in total. The minimum atomic E-state index is 0.994. The lowest BCUT2D eigenvalue weighted by Gasteiger charge is -2.32. The maximum absolute atomic E-state index is 4.90. The first-order valence-electron chi connectivity index (χ1n) is 9.81. The molecule has 0 unspecified atom stereocenters. The third-order valence-electron chi connectivity index (χ3n) is 5.88. The van der Waals surface area contributed by atoms with Gasteiger partial charge in [0, 0.05) is 45.2 Å². The van der Waals surface area contributed by atoms with Crippen LogP contribution < -0.4 is 0 Å². The molecule has 0 radical (unpaired) electrons. The third kappa shape index (κ3) is 3.75. The molecular formula is C22H29N5. The maximum atomic E-state index is 4.90. The molecule has 0 aliphatic carbocycles. The standard InChI is InChI=1S/C22H29N5/c1-16-13-21(22-15-23-17(2)26(22)4)24-20-6-5-18(14-19(16)20)7-8-27-11-9-25(3)10-12-27/h5-6,13-15H,7-12H2,1-4H3. The fourth-order valence-corrected chi connectivity index (χ4v) is 3.83. The van der Waals surface area contributed by atoms with Crippen LogP contribution in [0, 0.1) is 13.8 Å². The number of rotatable bonds is 4. The molecular weight excluding hydrogens is 334 g/mol. The van der Waals surface area contributed by atoms with Crippen molar-refractivity contribution in [2.75, 3.05) is 39.8 Å². The predicted molar refractivity (Wildman–Crippen MR) is 111 cm³/mol. The summed E-state index contributed by atoms with van der Waals surface area (Å²) in [5.74, 6) is 1.00. The number of benzene rings is 1. The molecule has 4 rings (SSSR count). The highest BCUT2D eigenvalue weighted by molar-refractivity contribution is 5.85. The van der Waals surface area contributed by atoms with Gasteiger partial charge in [0.2, 0.25) is 0 Å². The van der Waals surface area contributed by atoms with Crippen LogP contribution in [0.25, 0.3) is 22.3 Å². The Morgan fingerprint density at radius 2 is 1.78 bits per heavy atom. The molecule has 27 heavy (non-hydrogen) atoms. The summed E-state index contributed by atoms with van der Waals surface area (Å²) in [5.41, 5.74) is 5.79. The number of hydrogen-bond donors (Lipinski definition) is 0. The average molecular weight is 364 g/mol. The summed E-state index contributed by atoms with van der Waals surface area (Å²) in [6.07, 6.45) is 3.01. The Balaban J connectivity index is 1.55. The Morgan fingerprint density at radius 1 is 1.00 bits per heavy atom. The lowest BCUT2D eigenvalue weighted by atomic mass is 10.0. The monoisotopic (exact) mass is 363 g/mol. The molecule has 1 saturated heterocycles. The van der Waals surface area contributed by atoms with E-state index < -0.39 is 0 Å². The summed E-state index contributed by atoms with van der Waals surface area (Å²) in [5, 5.41) is 1.26. The molecule has 1 fully saturated rings. The number of likely N-dealkylation sites (N-methyl/N-ethyl adjacent to an activating group) is 1. The lowest BCUT2D eigenvalue weighted by molar-refractivity contribution is 0.155. The van der Waals surface area contributed by atoms with Crippen molar-refractivity contribution in [1.29, 1.82) is 0 Å². The molecule has 1 aromatic carbocycles. The van der Waals surface area contributed by atoms with Crippen LogP contribution in [0.2, 0.25) is 0 Å². The number of hydrogen-bond acceptors (Lipinski definition) is 4. The van der Waals surface area contributed by atoms with Crippen LogP contribution in [0.1, 0.15) is 17.0 Å². The summed E-state index contributed by atoms with van der Waals surface area (Å²) in [7, 11) is 4.25. The maximum Gasteiger partial charge on any atom is 0.105 e. The van der Waals surface area contributed by atoms with Crippen molar-refractivity contribution in [3.05, 3.63) is 47.4 Å². The molecule has 0 bridgehead atoms. The molecule has 0 atom stereocenters. The van der Waals surface area contributed by atoms with Crippen LogP contribution in [0.15, 0.2) is 30.5 Å².